The standard InChI is InChI=1S/C23H28N2O5/c1-4-14-29-19-12-10-18(11-13-19)23(28)30-16-22(27)25(3)15-21(26)24-20-9-7-6-8-17(20)5-2/h6-13H,4-5,14-16H2,1-3H3,(H,24,26). The molecule has 7 nitrogen and oxygen atoms in total. The summed E-state index contributed by atoms with van der Waals surface area (Å²) in [6.45, 7) is 4.02. The van der Waals surface area contributed by atoms with Gasteiger partial charge in [0.15, 0.2) is 6.61 Å². The van der Waals surface area contributed by atoms with Gasteiger partial charge >= 0.3 is 5.97 Å². The van der Waals surface area contributed by atoms with Gasteiger partial charge in [-0.2, -0.15) is 0 Å². The van der Waals surface area contributed by atoms with Gasteiger partial charge in [0.2, 0.25) is 5.91 Å². The summed E-state index contributed by atoms with van der Waals surface area (Å²) < 4.78 is 10.5. The number of carbonyl (C=O) groups is 3. The Balaban J connectivity index is 1.80. The Bertz CT molecular complexity index is 864. The number of benzene rings is 2. The molecule has 2 aromatic rings. The molecule has 0 aliphatic heterocycles. The highest BCUT2D eigenvalue weighted by Gasteiger charge is 2.16. The van der Waals surface area contributed by atoms with E-state index >= 15 is 0 Å². The first kappa shape index (κ1) is 22.9. The molecular weight excluding hydrogens is 384 g/mol. The van der Waals surface area contributed by atoms with Gasteiger partial charge in [0.1, 0.15) is 5.75 Å². The third-order valence-electron chi connectivity index (χ3n) is 4.37. The SMILES string of the molecule is CCCOc1ccc(C(=O)OCC(=O)N(C)CC(=O)Nc2ccccc2CC)cc1. The highest BCUT2D eigenvalue weighted by molar-refractivity contribution is 5.96. The summed E-state index contributed by atoms with van der Waals surface area (Å²) in [4.78, 5) is 37.8. The fraction of sp³-hybridized carbons (Fsp3) is 0.348. The van der Waals surface area contributed by atoms with E-state index in [1.165, 1.54) is 11.9 Å². The van der Waals surface area contributed by atoms with Gasteiger partial charge in [-0.05, 0) is 48.7 Å². The lowest BCUT2D eigenvalue weighted by molar-refractivity contribution is -0.136. The van der Waals surface area contributed by atoms with Crippen molar-refractivity contribution in [2.75, 3.05) is 32.1 Å². The van der Waals surface area contributed by atoms with Gasteiger partial charge in [0.05, 0.1) is 18.7 Å². The third kappa shape index (κ3) is 6.92. The van der Waals surface area contributed by atoms with Crippen molar-refractivity contribution in [2.45, 2.75) is 26.7 Å². The van der Waals surface area contributed by atoms with E-state index in [2.05, 4.69) is 5.32 Å². The molecule has 0 atom stereocenters. The molecule has 30 heavy (non-hydrogen) atoms. The molecule has 0 saturated heterocycles. The normalized spacial score (nSPS) is 10.2. The van der Waals surface area contributed by atoms with Gasteiger partial charge in [0.25, 0.3) is 5.91 Å². The van der Waals surface area contributed by atoms with Gasteiger partial charge < -0.3 is 19.7 Å². The number of rotatable bonds is 10. The summed E-state index contributed by atoms with van der Waals surface area (Å²) in [6, 6.07) is 14.0. The van der Waals surface area contributed by atoms with Crippen LogP contribution >= 0.6 is 0 Å². The van der Waals surface area contributed by atoms with E-state index in [-0.39, 0.29) is 12.5 Å². The summed E-state index contributed by atoms with van der Waals surface area (Å²) in [5.41, 5.74) is 2.06. The van der Waals surface area contributed by atoms with Crippen LogP contribution in [0.25, 0.3) is 0 Å². The monoisotopic (exact) mass is 412 g/mol. The van der Waals surface area contributed by atoms with Crippen LogP contribution in [0.15, 0.2) is 48.5 Å². The summed E-state index contributed by atoms with van der Waals surface area (Å²) >= 11 is 0. The van der Waals surface area contributed by atoms with Crippen LogP contribution in [-0.4, -0.2) is 49.5 Å². The minimum atomic E-state index is -0.611. The smallest absolute Gasteiger partial charge is 0.338 e. The molecule has 0 aliphatic rings. The summed E-state index contributed by atoms with van der Waals surface area (Å²) in [7, 11) is 1.49. The van der Waals surface area contributed by atoms with E-state index in [4.69, 9.17) is 9.47 Å². The van der Waals surface area contributed by atoms with Gasteiger partial charge in [-0.1, -0.05) is 32.0 Å². The van der Waals surface area contributed by atoms with E-state index in [1.54, 1.807) is 24.3 Å². The molecule has 2 amide bonds. The number of esters is 1. The topological polar surface area (TPSA) is 84.9 Å². The fourth-order valence-corrected chi connectivity index (χ4v) is 2.67. The van der Waals surface area contributed by atoms with Crippen molar-refractivity contribution < 1.29 is 23.9 Å². The lowest BCUT2D eigenvalue weighted by Crippen LogP contribution is -2.37. The van der Waals surface area contributed by atoms with Crippen molar-refractivity contribution in [1.82, 2.24) is 4.90 Å². The van der Waals surface area contributed by atoms with Crippen LogP contribution in [0.1, 0.15) is 36.2 Å². The maximum absolute atomic E-state index is 12.2. The lowest BCUT2D eigenvalue weighted by Gasteiger charge is -2.17. The van der Waals surface area contributed by atoms with Gasteiger partial charge in [-0.15, -0.1) is 0 Å². The molecular formula is C23H28N2O5. The number of amides is 2. The summed E-state index contributed by atoms with van der Waals surface area (Å²) in [6.07, 6.45) is 1.68. The zero-order chi connectivity index (χ0) is 21.9. The second-order valence-corrected chi connectivity index (χ2v) is 6.76. The van der Waals surface area contributed by atoms with Crippen molar-refractivity contribution in [1.29, 1.82) is 0 Å². The molecule has 0 heterocycles. The zero-order valence-electron chi connectivity index (χ0n) is 17.6. The Morgan fingerprint density at radius 3 is 2.37 bits per heavy atom. The van der Waals surface area contributed by atoms with E-state index in [0.29, 0.717) is 17.9 Å². The molecule has 0 unspecified atom stereocenters. The highest BCUT2D eigenvalue weighted by atomic mass is 16.5. The van der Waals surface area contributed by atoms with Crippen molar-refractivity contribution >= 4 is 23.5 Å². The average molecular weight is 412 g/mol. The number of nitrogens with zero attached hydrogens (tertiary/aromatic N) is 1. The summed E-state index contributed by atoms with van der Waals surface area (Å²) in [5.74, 6) is -0.731. The Morgan fingerprint density at radius 1 is 1.00 bits per heavy atom. The number of hydrogen-bond acceptors (Lipinski definition) is 5. The number of hydrogen-bond donors (Lipinski definition) is 1. The minimum Gasteiger partial charge on any atom is -0.494 e. The van der Waals surface area contributed by atoms with Gasteiger partial charge in [-0.3, -0.25) is 9.59 Å². The zero-order valence-corrected chi connectivity index (χ0v) is 17.6. The molecule has 160 valence electrons. The van der Waals surface area contributed by atoms with Crippen LogP contribution in [0.4, 0.5) is 5.69 Å². The predicted molar refractivity (Wildman–Crippen MR) is 115 cm³/mol. The first-order chi connectivity index (χ1) is 14.4. The van der Waals surface area contributed by atoms with Crippen LogP contribution in [0, 0.1) is 0 Å². The van der Waals surface area contributed by atoms with Crippen molar-refractivity contribution in [3.05, 3.63) is 59.7 Å². The summed E-state index contributed by atoms with van der Waals surface area (Å²) in [5, 5.41) is 2.81. The average Bonchev–Trinajstić information content (AvgIpc) is 2.76. The van der Waals surface area contributed by atoms with E-state index in [0.717, 1.165) is 24.1 Å². The van der Waals surface area contributed by atoms with E-state index in [9.17, 15) is 14.4 Å². The molecule has 2 aromatic carbocycles. The maximum atomic E-state index is 12.2. The fourth-order valence-electron chi connectivity index (χ4n) is 2.67. The van der Waals surface area contributed by atoms with Crippen molar-refractivity contribution in [2.24, 2.45) is 0 Å². The Morgan fingerprint density at radius 2 is 1.70 bits per heavy atom. The molecule has 7 heteroatoms. The number of nitrogens with one attached hydrogen (secondary N) is 1. The molecule has 0 radical (unpaired) electrons. The van der Waals surface area contributed by atoms with E-state index in [1.807, 2.05) is 38.1 Å². The van der Waals surface area contributed by atoms with Crippen molar-refractivity contribution in [3.8, 4) is 5.75 Å². The molecule has 0 spiro atoms. The second kappa shape index (κ2) is 11.6. The Kier molecular flexibility index (Phi) is 8.87. The Hall–Kier alpha value is -3.35. The van der Waals surface area contributed by atoms with Crippen LogP contribution in [0.2, 0.25) is 0 Å². The highest BCUT2D eigenvalue weighted by Crippen LogP contribution is 2.15. The third-order valence-corrected chi connectivity index (χ3v) is 4.37. The van der Waals surface area contributed by atoms with Gasteiger partial charge in [0, 0.05) is 12.7 Å². The van der Waals surface area contributed by atoms with Crippen LogP contribution in [0.5, 0.6) is 5.75 Å². The number of ether oxygens (including phenoxy) is 2. The molecule has 0 fully saturated rings. The maximum Gasteiger partial charge on any atom is 0.338 e. The number of aryl methyl sites for hydroxylation is 1. The molecule has 0 saturated carbocycles. The quantitative estimate of drug-likeness (QED) is 0.606. The first-order valence-electron chi connectivity index (χ1n) is 9.96. The van der Waals surface area contributed by atoms with Crippen LogP contribution in [0.3, 0.4) is 0 Å². The van der Waals surface area contributed by atoms with E-state index < -0.39 is 18.5 Å². The number of likely N-dealkylation sites (N-methyl/N-ethyl adjacent to an activating group) is 1. The molecule has 2 rings (SSSR count). The Labute approximate surface area is 177 Å². The number of carbonyl (C=O) groups excluding carboxylic acids is 3. The lowest BCUT2D eigenvalue weighted by atomic mass is 10.1. The largest absolute Gasteiger partial charge is 0.494 e. The predicted octanol–water partition coefficient (Wildman–Crippen LogP) is 3.29. The van der Waals surface area contributed by atoms with Gasteiger partial charge in [-0.25, -0.2) is 4.79 Å². The first-order valence-corrected chi connectivity index (χ1v) is 9.96. The van der Waals surface area contributed by atoms with Crippen LogP contribution < -0.4 is 10.1 Å². The number of anilines is 1. The second-order valence-electron chi connectivity index (χ2n) is 6.76. The van der Waals surface area contributed by atoms with Crippen LogP contribution in [-0.2, 0) is 20.7 Å². The van der Waals surface area contributed by atoms with Crippen molar-refractivity contribution in [3.63, 3.8) is 0 Å². The molecule has 0 bridgehead atoms. The molecule has 0 aromatic heterocycles. The minimum absolute atomic E-state index is 0.141. The molecule has 0 aliphatic carbocycles. The molecule has 1 N–H and O–H groups in total. The number of para-hydroxylation sites is 1.